The minimum atomic E-state index is -3.38. The van der Waals surface area contributed by atoms with Crippen LogP contribution in [0.25, 0.3) is 0 Å². The Kier molecular flexibility index (Phi) is 4.95. The molecule has 0 aliphatic heterocycles. The van der Waals surface area contributed by atoms with Crippen molar-refractivity contribution in [3.63, 3.8) is 0 Å². The van der Waals surface area contributed by atoms with Crippen molar-refractivity contribution in [1.82, 2.24) is 4.72 Å². The van der Waals surface area contributed by atoms with E-state index in [4.69, 9.17) is 0 Å². The van der Waals surface area contributed by atoms with Gasteiger partial charge in [0.15, 0.2) is 0 Å². The fraction of sp³-hybridized carbons (Fsp3) is 0.455. The van der Waals surface area contributed by atoms with E-state index in [-0.39, 0.29) is 6.04 Å². The van der Waals surface area contributed by atoms with Gasteiger partial charge < -0.3 is 0 Å². The van der Waals surface area contributed by atoms with Gasteiger partial charge in [-0.2, -0.15) is 0 Å². The summed E-state index contributed by atoms with van der Waals surface area (Å²) in [5.74, 6) is 0. The van der Waals surface area contributed by atoms with Crippen LogP contribution in [0.1, 0.15) is 26.7 Å². The van der Waals surface area contributed by atoms with Crippen LogP contribution in [0.3, 0.4) is 0 Å². The monoisotopic (exact) mass is 305 g/mol. The van der Waals surface area contributed by atoms with Gasteiger partial charge in [-0.25, -0.2) is 13.1 Å². The molecule has 0 amide bonds. The first-order chi connectivity index (χ1) is 7.45. The lowest BCUT2D eigenvalue weighted by atomic mass is 10.2. The van der Waals surface area contributed by atoms with Crippen molar-refractivity contribution in [2.45, 2.75) is 37.6 Å². The van der Waals surface area contributed by atoms with Crippen molar-refractivity contribution in [3.05, 3.63) is 28.7 Å². The van der Waals surface area contributed by atoms with Crippen LogP contribution in [-0.4, -0.2) is 14.5 Å². The van der Waals surface area contributed by atoms with Crippen molar-refractivity contribution in [3.8, 4) is 0 Å². The summed E-state index contributed by atoms with van der Waals surface area (Å²) >= 11 is 3.26. The Morgan fingerprint density at radius 1 is 1.44 bits per heavy atom. The zero-order valence-electron chi connectivity index (χ0n) is 9.40. The molecule has 1 rings (SSSR count). The zero-order valence-corrected chi connectivity index (χ0v) is 11.8. The Morgan fingerprint density at radius 3 is 2.69 bits per heavy atom. The van der Waals surface area contributed by atoms with E-state index < -0.39 is 10.0 Å². The van der Waals surface area contributed by atoms with Gasteiger partial charge in [0.25, 0.3) is 0 Å². The Balaban J connectivity index is 2.86. The lowest BCUT2D eigenvalue weighted by molar-refractivity contribution is 0.544. The van der Waals surface area contributed by atoms with Crippen LogP contribution in [0.15, 0.2) is 33.6 Å². The van der Waals surface area contributed by atoms with Crippen LogP contribution in [0.2, 0.25) is 0 Å². The molecule has 0 bridgehead atoms. The molecule has 0 aliphatic rings. The molecule has 0 fully saturated rings. The summed E-state index contributed by atoms with van der Waals surface area (Å²) in [6.45, 7) is 3.91. The van der Waals surface area contributed by atoms with Gasteiger partial charge in [0, 0.05) is 10.5 Å². The summed E-state index contributed by atoms with van der Waals surface area (Å²) in [5.41, 5.74) is 0. The topological polar surface area (TPSA) is 46.2 Å². The minimum Gasteiger partial charge on any atom is -0.208 e. The van der Waals surface area contributed by atoms with Gasteiger partial charge in [-0.15, -0.1) is 0 Å². The van der Waals surface area contributed by atoms with Crippen LogP contribution in [0, 0.1) is 0 Å². The second kappa shape index (κ2) is 5.80. The number of halogens is 1. The summed E-state index contributed by atoms with van der Waals surface area (Å²) in [7, 11) is -3.38. The minimum absolute atomic E-state index is 0.0334. The standard InChI is InChI=1S/C11H16BrNO2S/c1-3-5-9(2)13-16(14,15)11-7-4-6-10(12)8-11/h4,6-9,13H,3,5H2,1-2H3. The van der Waals surface area contributed by atoms with Gasteiger partial charge in [0.2, 0.25) is 10.0 Å². The van der Waals surface area contributed by atoms with Crippen LogP contribution >= 0.6 is 15.9 Å². The molecule has 1 unspecified atom stereocenters. The number of hydrogen-bond acceptors (Lipinski definition) is 2. The number of hydrogen-bond donors (Lipinski definition) is 1. The quantitative estimate of drug-likeness (QED) is 0.909. The first kappa shape index (κ1) is 13.7. The van der Waals surface area contributed by atoms with Gasteiger partial charge in [0.1, 0.15) is 0 Å². The molecule has 3 nitrogen and oxygen atoms in total. The van der Waals surface area contributed by atoms with E-state index in [0.717, 1.165) is 17.3 Å². The van der Waals surface area contributed by atoms with Crippen molar-refractivity contribution < 1.29 is 8.42 Å². The predicted octanol–water partition coefficient (Wildman–Crippen LogP) is 2.92. The molecule has 1 N–H and O–H groups in total. The fourth-order valence-corrected chi connectivity index (χ4v) is 3.33. The van der Waals surface area contributed by atoms with Crippen LogP contribution in [-0.2, 0) is 10.0 Å². The van der Waals surface area contributed by atoms with E-state index in [2.05, 4.69) is 20.7 Å². The molecule has 0 spiro atoms. The Hall–Kier alpha value is -0.390. The van der Waals surface area contributed by atoms with Gasteiger partial charge in [-0.3, -0.25) is 0 Å². The van der Waals surface area contributed by atoms with Crippen LogP contribution < -0.4 is 4.72 Å². The van der Waals surface area contributed by atoms with E-state index >= 15 is 0 Å². The lowest BCUT2D eigenvalue weighted by Crippen LogP contribution is -2.32. The van der Waals surface area contributed by atoms with Crippen molar-refractivity contribution in [2.75, 3.05) is 0 Å². The third-order valence-corrected chi connectivity index (χ3v) is 4.26. The molecule has 0 radical (unpaired) electrons. The third kappa shape index (κ3) is 3.88. The van der Waals surface area contributed by atoms with E-state index in [1.54, 1.807) is 24.3 Å². The van der Waals surface area contributed by atoms with Crippen molar-refractivity contribution in [1.29, 1.82) is 0 Å². The number of sulfonamides is 1. The molecule has 1 aromatic carbocycles. The molecule has 90 valence electrons. The highest BCUT2D eigenvalue weighted by Gasteiger charge is 2.16. The molecular formula is C11H16BrNO2S. The molecule has 16 heavy (non-hydrogen) atoms. The first-order valence-electron chi connectivity index (χ1n) is 5.23. The zero-order chi connectivity index (χ0) is 12.2. The average molecular weight is 306 g/mol. The normalized spacial score (nSPS) is 13.7. The summed E-state index contributed by atoms with van der Waals surface area (Å²) in [6.07, 6.45) is 1.80. The average Bonchev–Trinajstić information content (AvgIpc) is 2.17. The SMILES string of the molecule is CCCC(C)NS(=O)(=O)c1cccc(Br)c1. The van der Waals surface area contributed by atoms with Gasteiger partial charge in [-0.1, -0.05) is 35.3 Å². The third-order valence-electron chi connectivity index (χ3n) is 2.18. The van der Waals surface area contributed by atoms with Crippen LogP contribution in [0.5, 0.6) is 0 Å². The molecule has 1 aromatic rings. The lowest BCUT2D eigenvalue weighted by Gasteiger charge is -2.13. The Bertz CT molecular complexity index is 445. The smallest absolute Gasteiger partial charge is 0.208 e. The highest BCUT2D eigenvalue weighted by molar-refractivity contribution is 9.10. The largest absolute Gasteiger partial charge is 0.240 e. The summed E-state index contributed by atoms with van der Waals surface area (Å²) in [5, 5.41) is 0. The fourth-order valence-electron chi connectivity index (χ4n) is 1.46. The van der Waals surface area contributed by atoms with E-state index in [1.807, 2.05) is 13.8 Å². The molecule has 0 heterocycles. The maximum Gasteiger partial charge on any atom is 0.240 e. The number of benzene rings is 1. The Morgan fingerprint density at radius 2 is 2.12 bits per heavy atom. The maximum absolute atomic E-state index is 11.9. The highest BCUT2D eigenvalue weighted by atomic mass is 79.9. The summed E-state index contributed by atoms with van der Waals surface area (Å²) in [4.78, 5) is 0.296. The van der Waals surface area contributed by atoms with Gasteiger partial charge >= 0.3 is 0 Å². The van der Waals surface area contributed by atoms with Crippen LogP contribution in [0.4, 0.5) is 0 Å². The molecule has 0 aromatic heterocycles. The molecule has 1 atom stereocenters. The molecule has 0 aliphatic carbocycles. The highest BCUT2D eigenvalue weighted by Crippen LogP contribution is 2.16. The first-order valence-corrected chi connectivity index (χ1v) is 7.51. The number of nitrogens with one attached hydrogen (secondary N) is 1. The summed E-state index contributed by atoms with van der Waals surface area (Å²) in [6, 6.07) is 6.67. The van der Waals surface area contributed by atoms with E-state index in [1.165, 1.54) is 0 Å². The van der Waals surface area contributed by atoms with Gasteiger partial charge in [-0.05, 0) is 31.5 Å². The Labute approximate surface area is 105 Å². The van der Waals surface area contributed by atoms with Crippen molar-refractivity contribution >= 4 is 26.0 Å². The molecule has 5 heteroatoms. The molecular weight excluding hydrogens is 290 g/mol. The second-order valence-electron chi connectivity index (χ2n) is 3.77. The second-order valence-corrected chi connectivity index (χ2v) is 6.40. The maximum atomic E-state index is 11.9. The van der Waals surface area contributed by atoms with E-state index in [0.29, 0.717) is 4.90 Å². The number of rotatable bonds is 5. The van der Waals surface area contributed by atoms with E-state index in [9.17, 15) is 8.42 Å². The molecule has 0 saturated heterocycles. The predicted molar refractivity (Wildman–Crippen MR) is 68.8 cm³/mol. The summed E-state index contributed by atoms with van der Waals surface area (Å²) < 4.78 is 27.3. The molecule has 0 saturated carbocycles. The van der Waals surface area contributed by atoms with Gasteiger partial charge in [0.05, 0.1) is 4.90 Å². The van der Waals surface area contributed by atoms with Crippen molar-refractivity contribution in [2.24, 2.45) is 0 Å².